The van der Waals surface area contributed by atoms with E-state index < -0.39 is 0 Å². The number of hydrogen-bond acceptors (Lipinski definition) is 2. The van der Waals surface area contributed by atoms with Gasteiger partial charge in [0.2, 0.25) is 0 Å². The summed E-state index contributed by atoms with van der Waals surface area (Å²) in [4.78, 5) is 0. The van der Waals surface area contributed by atoms with Crippen LogP contribution in [0.2, 0.25) is 0 Å². The highest BCUT2D eigenvalue weighted by Gasteiger charge is 2.25. The lowest BCUT2D eigenvalue weighted by Gasteiger charge is -2.30. The quantitative estimate of drug-likeness (QED) is 0.866. The van der Waals surface area contributed by atoms with E-state index in [2.05, 4.69) is 6.92 Å². The van der Waals surface area contributed by atoms with E-state index in [1.165, 1.54) is 12.8 Å². The first kappa shape index (κ1) is 12.4. The average molecular weight is 234 g/mol. The molecule has 2 nitrogen and oxygen atoms in total. The van der Waals surface area contributed by atoms with Gasteiger partial charge in [-0.15, -0.1) is 0 Å². The number of rotatable bonds is 4. The molecule has 1 N–H and O–H groups in total. The zero-order valence-electron chi connectivity index (χ0n) is 10.5. The minimum atomic E-state index is -0.321. The summed E-state index contributed by atoms with van der Waals surface area (Å²) in [6.07, 6.45) is 4.51. The summed E-state index contributed by atoms with van der Waals surface area (Å²) in [6, 6.07) is 9.72. The van der Waals surface area contributed by atoms with Gasteiger partial charge in [0.25, 0.3) is 0 Å². The number of benzene rings is 1. The van der Waals surface area contributed by atoms with Crippen LogP contribution in [0.1, 0.15) is 32.6 Å². The van der Waals surface area contributed by atoms with E-state index in [0.717, 1.165) is 24.5 Å². The molecule has 94 valence electrons. The van der Waals surface area contributed by atoms with Crippen LogP contribution in [0, 0.1) is 11.8 Å². The summed E-state index contributed by atoms with van der Waals surface area (Å²) < 4.78 is 5.61. The largest absolute Gasteiger partial charge is 0.491 e. The third kappa shape index (κ3) is 3.74. The topological polar surface area (TPSA) is 29.5 Å². The first-order valence-corrected chi connectivity index (χ1v) is 6.61. The van der Waals surface area contributed by atoms with Gasteiger partial charge in [0.1, 0.15) is 12.4 Å². The monoisotopic (exact) mass is 234 g/mol. The summed E-state index contributed by atoms with van der Waals surface area (Å²) in [5.74, 6) is 2.01. The van der Waals surface area contributed by atoms with Crippen LogP contribution in [0.3, 0.4) is 0 Å². The molecule has 1 saturated carbocycles. The predicted molar refractivity (Wildman–Crippen MR) is 69.1 cm³/mol. The number of aliphatic hydroxyl groups is 1. The van der Waals surface area contributed by atoms with Crippen molar-refractivity contribution in [3.05, 3.63) is 30.3 Å². The Morgan fingerprint density at radius 3 is 2.76 bits per heavy atom. The molecule has 0 saturated heterocycles. The number of hydrogen-bond donors (Lipinski definition) is 1. The average Bonchev–Trinajstić information content (AvgIpc) is 2.37. The van der Waals surface area contributed by atoms with Gasteiger partial charge in [-0.2, -0.15) is 0 Å². The highest BCUT2D eigenvalue weighted by atomic mass is 16.5. The first-order chi connectivity index (χ1) is 8.25. The lowest BCUT2D eigenvalue weighted by molar-refractivity contribution is 0.0325. The van der Waals surface area contributed by atoms with Crippen molar-refractivity contribution in [2.75, 3.05) is 6.61 Å². The van der Waals surface area contributed by atoms with Gasteiger partial charge in [-0.25, -0.2) is 0 Å². The molecule has 1 aromatic rings. The molecule has 2 heteroatoms. The van der Waals surface area contributed by atoms with Gasteiger partial charge in [-0.05, 0) is 36.8 Å². The minimum Gasteiger partial charge on any atom is -0.491 e. The molecular formula is C15H22O2. The van der Waals surface area contributed by atoms with Crippen molar-refractivity contribution in [2.45, 2.75) is 38.7 Å². The molecule has 3 atom stereocenters. The van der Waals surface area contributed by atoms with Crippen LogP contribution in [0.5, 0.6) is 5.75 Å². The Labute approximate surface area is 104 Å². The standard InChI is InChI=1S/C15H22O2/c1-12-6-5-7-13(10-12)15(16)11-17-14-8-3-2-4-9-14/h2-4,8-9,12-13,15-16H,5-7,10-11H2,1H3. The number of para-hydroxylation sites is 1. The van der Waals surface area contributed by atoms with E-state index in [1.807, 2.05) is 30.3 Å². The van der Waals surface area contributed by atoms with Gasteiger partial charge < -0.3 is 9.84 Å². The van der Waals surface area contributed by atoms with Crippen LogP contribution < -0.4 is 4.74 Å². The zero-order valence-corrected chi connectivity index (χ0v) is 10.5. The van der Waals surface area contributed by atoms with E-state index in [4.69, 9.17) is 4.74 Å². The van der Waals surface area contributed by atoms with Gasteiger partial charge in [-0.1, -0.05) is 38.0 Å². The fourth-order valence-electron chi connectivity index (χ4n) is 2.66. The molecule has 0 radical (unpaired) electrons. The van der Waals surface area contributed by atoms with Crippen molar-refractivity contribution in [2.24, 2.45) is 11.8 Å². The van der Waals surface area contributed by atoms with Crippen LogP contribution in [-0.2, 0) is 0 Å². The summed E-state index contributed by atoms with van der Waals surface area (Å²) in [5, 5.41) is 10.1. The van der Waals surface area contributed by atoms with Crippen LogP contribution >= 0.6 is 0 Å². The van der Waals surface area contributed by atoms with Crippen LogP contribution in [0.25, 0.3) is 0 Å². The van der Waals surface area contributed by atoms with Crippen molar-refractivity contribution in [3.8, 4) is 5.75 Å². The fraction of sp³-hybridized carbons (Fsp3) is 0.600. The third-order valence-corrected chi connectivity index (χ3v) is 3.69. The van der Waals surface area contributed by atoms with Crippen molar-refractivity contribution in [3.63, 3.8) is 0 Å². The highest BCUT2D eigenvalue weighted by Crippen LogP contribution is 2.30. The van der Waals surface area contributed by atoms with Crippen LogP contribution in [0.15, 0.2) is 30.3 Å². The SMILES string of the molecule is CC1CCCC(C(O)COc2ccccc2)C1. The maximum Gasteiger partial charge on any atom is 0.119 e. The molecular weight excluding hydrogens is 212 g/mol. The van der Waals surface area contributed by atoms with Gasteiger partial charge in [0, 0.05) is 0 Å². The van der Waals surface area contributed by atoms with Crippen molar-refractivity contribution in [1.29, 1.82) is 0 Å². The Balaban J connectivity index is 1.79. The second-order valence-electron chi connectivity index (χ2n) is 5.22. The van der Waals surface area contributed by atoms with Crippen LogP contribution in [0.4, 0.5) is 0 Å². The maximum absolute atomic E-state index is 10.1. The van der Waals surface area contributed by atoms with Gasteiger partial charge in [-0.3, -0.25) is 0 Å². The van der Waals surface area contributed by atoms with E-state index in [9.17, 15) is 5.11 Å². The number of ether oxygens (including phenoxy) is 1. The fourth-order valence-corrected chi connectivity index (χ4v) is 2.66. The van der Waals surface area contributed by atoms with Crippen molar-refractivity contribution < 1.29 is 9.84 Å². The molecule has 0 aliphatic heterocycles. The molecule has 1 fully saturated rings. The Bertz CT molecular complexity index is 323. The Kier molecular flexibility index (Phi) is 4.43. The lowest BCUT2D eigenvalue weighted by atomic mass is 9.80. The van der Waals surface area contributed by atoms with E-state index in [0.29, 0.717) is 12.5 Å². The summed E-state index contributed by atoms with van der Waals surface area (Å²) >= 11 is 0. The maximum atomic E-state index is 10.1. The molecule has 1 aliphatic carbocycles. The predicted octanol–water partition coefficient (Wildman–Crippen LogP) is 3.25. The second-order valence-corrected chi connectivity index (χ2v) is 5.22. The molecule has 0 bridgehead atoms. The summed E-state index contributed by atoms with van der Waals surface area (Å²) in [7, 11) is 0. The molecule has 17 heavy (non-hydrogen) atoms. The molecule has 0 aromatic heterocycles. The highest BCUT2D eigenvalue weighted by molar-refractivity contribution is 5.20. The molecule has 0 spiro atoms. The van der Waals surface area contributed by atoms with E-state index in [1.54, 1.807) is 0 Å². The summed E-state index contributed by atoms with van der Waals surface area (Å²) in [6.45, 7) is 2.69. The third-order valence-electron chi connectivity index (χ3n) is 3.69. The van der Waals surface area contributed by atoms with Crippen LogP contribution in [-0.4, -0.2) is 17.8 Å². The molecule has 1 aliphatic rings. The van der Waals surface area contributed by atoms with Gasteiger partial charge in [0.05, 0.1) is 6.10 Å². The number of aliphatic hydroxyl groups excluding tert-OH is 1. The smallest absolute Gasteiger partial charge is 0.119 e. The van der Waals surface area contributed by atoms with E-state index in [-0.39, 0.29) is 6.10 Å². The normalized spacial score (nSPS) is 26.5. The molecule has 0 heterocycles. The van der Waals surface area contributed by atoms with Crippen molar-refractivity contribution in [1.82, 2.24) is 0 Å². The Hall–Kier alpha value is -1.02. The lowest BCUT2D eigenvalue weighted by Crippen LogP contribution is -2.30. The molecule has 2 rings (SSSR count). The molecule has 1 aromatic carbocycles. The molecule has 3 unspecified atom stereocenters. The van der Waals surface area contributed by atoms with E-state index >= 15 is 0 Å². The second kappa shape index (κ2) is 6.06. The zero-order chi connectivity index (χ0) is 12.1. The van der Waals surface area contributed by atoms with Gasteiger partial charge >= 0.3 is 0 Å². The van der Waals surface area contributed by atoms with Crippen molar-refractivity contribution >= 4 is 0 Å². The first-order valence-electron chi connectivity index (χ1n) is 6.61. The Morgan fingerprint density at radius 2 is 2.06 bits per heavy atom. The summed E-state index contributed by atoms with van der Waals surface area (Å²) in [5.41, 5.74) is 0. The molecule has 0 amide bonds. The Morgan fingerprint density at radius 1 is 1.29 bits per heavy atom. The van der Waals surface area contributed by atoms with Gasteiger partial charge in [0.15, 0.2) is 0 Å². The minimum absolute atomic E-state index is 0.321.